The van der Waals surface area contributed by atoms with Crippen molar-refractivity contribution in [2.75, 3.05) is 13.6 Å². The van der Waals surface area contributed by atoms with E-state index in [0.717, 1.165) is 19.0 Å². The van der Waals surface area contributed by atoms with Crippen molar-refractivity contribution in [3.8, 4) is 0 Å². The fourth-order valence-electron chi connectivity index (χ4n) is 2.13. The second-order valence-electron chi connectivity index (χ2n) is 3.89. The van der Waals surface area contributed by atoms with Crippen LogP contribution >= 0.6 is 0 Å². The SMILES string of the molecule is CNCC1CCn2cnc(C)c2C1. The van der Waals surface area contributed by atoms with Crippen LogP contribution in [0.25, 0.3) is 0 Å². The molecule has 0 spiro atoms. The molecule has 1 aliphatic heterocycles. The van der Waals surface area contributed by atoms with Gasteiger partial charge in [-0.25, -0.2) is 4.98 Å². The summed E-state index contributed by atoms with van der Waals surface area (Å²) in [5, 5.41) is 3.25. The van der Waals surface area contributed by atoms with Gasteiger partial charge in [0.15, 0.2) is 0 Å². The molecule has 1 atom stereocenters. The Morgan fingerprint density at radius 2 is 2.54 bits per heavy atom. The van der Waals surface area contributed by atoms with Gasteiger partial charge in [-0.3, -0.25) is 0 Å². The van der Waals surface area contributed by atoms with Crippen LogP contribution in [0.4, 0.5) is 0 Å². The van der Waals surface area contributed by atoms with Gasteiger partial charge >= 0.3 is 0 Å². The summed E-state index contributed by atoms with van der Waals surface area (Å²) in [6.07, 6.45) is 4.44. The summed E-state index contributed by atoms with van der Waals surface area (Å²) in [5.41, 5.74) is 2.65. The largest absolute Gasteiger partial charge is 0.334 e. The molecule has 0 radical (unpaired) electrons. The fourth-order valence-corrected chi connectivity index (χ4v) is 2.13. The Morgan fingerprint density at radius 3 is 3.31 bits per heavy atom. The molecule has 13 heavy (non-hydrogen) atoms. The van der Waals surface area contributed by atoms with Crippen LogP contribution in [-0.4, -0.2) is 23.1 Å². The summed E-state index contributed by atoms with van der Waals surface area (Å²) in [5.74, 6) is 0.799. The minimum atomic E-state index is 0.799. The zero-order valence-electron chi connectivity index (χ0n) is 8.38. The molecule has 72 valence electrons. The number of nitrogens with one attached hydrogen (secondary N) is 1. The van der Waals surface area contributed by atoms with Crippen molar-refractivity contribution in [1.29, 1.82) is 0 Å². The van der Waals surface area contributed by atoms with Crippen molar-refractivity contribution < 1.29 is 0 Å². The molecular formula is C10H17N3. The number of hydrogen-bond acceptors (Lipinski definition) is 2. The average molecular weight is 179 g/mol. The van der Waals surface area contributed by atoms with Gasteiger partial charge < -0.3 is 9.88 Å². The van der Waals surface area contributed by atoms with Crippen molar-refractivity contribution in [2.45, 2.75) is 26.3 Å². The first-order valence-electron chi connectivity index (χ1n) is 4.96. The van der Waals surface area contributed by atoms with Gasteiger partial charge in [-0.05, 0) is 39.3 Å². The maximum atomic E-state index is 4.34. The first-order valence-corrected chi connectivity index (χ1v) is 4.96. The van der Waals surface area contributed by atoms with Crippen LogP contribution in [0.3, 0.4) is 0 Å². The Balaban J connectivity index is 2.13. The molecule has 0 aliphatic carbocycles. The molecule has 1 N–H and O–H groups in total. The van der Waals surface area contributed by atoms with E-state index in [0.29, 0.717) is 0 Å². The Bertz CT molecular complexity index is 290. The van der Waals surface area contributed by atoms with Crippen molar-refractivity contribution in [3.05, 3.63) is 17.7 Å². The van der Waals surface area contributed by atoms with E-state index in [2.05, 4.69) is 21.8 Å². The maximum Gasteiger partial charge on any atom is 0.0951 e. The third kappa shape index (κ3) is 1.61. The summed E-state index contributed by atoms with van der Waals surface area (Å²) >= 11 is 0. The summed E-state index contributed by atoms with van der Waals surface area (Å²) < 4.78 is 2.29. The van der Waals surface area contributed by atoms with Gasteiger partial charge in [-0.1, -0.05) is 0 Å². The summed E-state index contributed by atoms with van der Waals surface area (Å²) in [7, 11) is 2.03. The van der Waals surface area contributed by atoms with Crippen molar-refractivity contribution in [1.82, 2.24) is 14.9 Å². The molecule has 0 saturated carbocycles. The second-order valence-corrected chi connectivity index (χ2v) is 3.89. The number of nitrogens with zero attached hydrogens (tertiary/aromatic N) is 2. The van der Waals surface area contributed by atoms with E-state index in [1.54, 1.807) is 0 Å². The van der Waals surface area contributed by atoms with Gasteiger partial charge in [0.1, 0.15) is 0 Å². The van der Waals surface area contributed by atoms with E-state index in [9.17, 15) is 0 Å². The van der Waals surface area contributed by atoms with Gasteiger partial charge in [0.2, 0.25) is 0 Å². The summed E-state index contributed by atoms with van der Waals surface area (Å²) in [6, 6.07) is 0. The Morgan fingerprint density at radius 1 is 1.69 bits per heavy atom. The van der Waals surface area contributed by atoms with E-state index in [1.165, 1.54) is 24.2 Å². The van der Waals surface area contributed by atoms with Gasteiger partial charge in [-0.2, -0.15) is 0 Å². The lowest BCUT2D eigenvalue weighted by molar-refractivity contribution is 0.377. The lowest BCUT2D eigenvalue weighted by Crippen LogP contribution is -2.27. The molecule has 3 nitrogen and oxygen atoms in total. The third-order valence-corrected chi connectivity index (χ3v) is 2.91. The predicted octanol–water partition coefficient (Wildman–Crippen LogP) is 0.973. The molecule has 3 heteroatoms. The van der Waals surface area contributed by atoms with Crippen LogP contribution in [0.15, 0.2) is 6.33 Å². The van der Waals surface area contributed by atoms with Crippen LogP contribution in [0, 0.1) is 12.8 Å². The highest BCUT2D eigenvalue weighted by atomic mass is 15.1. The van der Waals surface area contributed by atoms with E-state index < -0.39 is 0 Å². The molecule has 1 aromatic rings. The normalized spacial score (nSPS) is 21.5. The molecular weight excluding hydrogens is 162 g/mol. The minimum Gasteiger partial charge on any atom is -0.334 e. The first-order chi connectivity index (χ1) is 6.31. The lowest BCUT2D eigenvalue weighted by atomic mass is 9.95. The van der Waals surface area contributed by atoms with Crippen LogP contribution in [0.1, 0.15) is 17.8 Å². The van der Waals surface area contributed by atoms with E-state index in [4.69, 9.17) is 0 Å². The quantitative estimate of drug-likeness (QED) is 0.733. The van der Waals surface area contributed by atoms with E-state index in [1.807, 2.05) is 13.4 Å². The number of rotatable bonds is 2. The van der Waals surface area contributed by atoms with Crippen LogP contribution in [-0.2, 0) is 13.0 Å². The van der Waals surface area contributed by atoms with Crippen LogP contribution < -0.4 is 5.32 Å². The molecule has 0 bridgehead atoms. The molecule has 0 amide bonds. The Labute approximate surface area is 79.2 Å². The Hall–Kier alpha value is -0.830. The lowest BCUT2D eigenvalue weighted by Gasteiger charge is -2.23. The summed E-state index contributed by atoms with van der Waals surface area (Å²) in [4.78, 5) is 4.34. The number of hydrogen-bond donors (Lipinski definition) is 1. The number of fused-ring (bicyclic) bond motifs is 1. The molecule has 1 aromatic heterocycles. The van der Waals surface area contributed by atoms with E-state index in [-0.39, 0.29) is 0 Å². The molecule has 0 fully saturated rings. The zero-order chi connectivity index (χ0) is 9.26. The van der Waals surface area contributed by atoms with Gasteiger partial charge in [0.05, 0.1) is 12.0 Å². The third-order valence-electron chi connectivity index (χ3n) is 2.91. The highest BCUT2D eigenvalue weighted by Gasteiger charge is 2.19. The average Bonchev–Trinajstić information content (AvgIpc) is 2.49. The Kier molecular flexibility index (Phi) is 2.36. The fraction of sp³-hybridized carbons (Fsp3) is 0.700. The highest BCUT2D eigenvalue weighted by molar-refractivity contribution is 5.13. The standard InChI is InChI=1S/C10H17N3/c1-8-10-5-9(6-11-2)3-4-13(10)7-12-8/h7,9,11H,3-6H2,1-2H3. The number of aromatic nitrogens is 2. The molecule has 2 heterocycles. The first kappa shape index (κ1) is 8.75. The second kappa shape index (κ2) is 3.50. The number of aryl methyl sites for hydroxylation is 2. The molecule has 0 aromatic carbocycles. The monoisotopic (exact) mass is 179 g/mol. The maximum absolute atomic E-state index is 4.34. The topological polar surface area (TPSA) is 29.9 Å². The predicted molar refractivity (Wildman–Crippen MR) is 52.7 cm³/mol. The van der Waals surface area contributed by atoms with Gasteiger partial charge in [-0.15, -0.1) is 0 Å². The van der Waals surface area contributed by atoms with Gasteiger partial charge in [0.25, 0.3) is 0 Å². The van der Waals surface area contributed by atoms with Crippen molar-refractivity contribution in [2.24, 2.45) is 5.92 Å². The molecule has 1 aliphatic rings. The summed E-state index contributed by atoms with van der Waals surface area (Å²) in [6.45, 7) is 4.38. The van der Waals surface area contributed by atoms with E-state index >= 15 is 0 Å². The van der Waals surface area contributed by atoms with Crippen LogP contribution in [0.2, 0.25) is 0 Å². The van der Waals surface area contributed by atoms with Crippen molar-refractivity contribution in [3.63, 3.8) is 0 Å². The van der Waals surface area contributed by atoms with Crippen LogP contribution in [0.5, 0.6) is 0 Å². The smallest absolute Gasteiger partial charge is 0.0951 e. The molecule has 2 rings (SSSR count). The number of imidazole rings is 1. The minimum absolute atomic E-state index is 0.799. The van der Waals surface area contributed by atoms with Gasteiger partial charge in [0, 0.05) is 12.2 Å². The zero-order valence-corrected chi connectivity index (χ0v) is 8.38. The molecule has 0 saturated heterocycles. The molecule has 1 unspecified atom stereocenters. The highest BCUT2D eigenvalue weighted by Crippen LogP contribution is 2.21. The van der Waals surface area contributed by atoms with Crippen molar-refractivity contribution >= 4 is 0 Å².